The number of nitrogens with zero attached hydrogens (tertiary/aromatic N) is 2. The maximum Gasteiger partial charge on any atom is 0.338 e. The second-order valence-corrected chi connectivity index (χ2v) is 5.14. The van der Waals surface area contributed by atoms with Crippen LogP contribution in [0.4, 0.5) is 5.69 Å². The van der Waals surface area contributed by atoms with Gasteiger partial charge in [0.15, 0.2) is 5.75 Å². The lowest BCUT2D eigenvalue weighted by molar-refractivity contribution is -0.386. The molecule has 0 atom stereocenters. The highest BCUT2D eigenvalue weighted by Crippen LogP contribution is 2.29. The predicted molar refractivity (Wildman–Crippen MR) is 75.6 cm³/mol. The van der Waals surface area contributed by atoms with Crippen molar-refractivity contribution in [2.75, 3.05) is 7.11 Å². The highest BCUT2D eigenvalue weighted by molar-refractivity contribution is 7.09. The van der Waals surface area contributed by atoms with E-state index < -0.39 is 10.9 Å². The number of rotatable bonds is 5. The van der Waals surface area contributed by atoms with Gasteiger partial charge in [0.05, 0.1) is 28.3 Å². The third-order valence-electron chi connectivity index (χ3n) is 2.62. The molecule has 2 rings (SSSR count). The molecular weight excluding hydrogens is 296 g/mol. The third kappa shape index (κ3) is 3.54. The SMILES string of the molecule is COC(=O)c1ccc(OCc2csc(C)n2)c([N+](=O)[O-])c1. The number of nitro groups is 1. The summed E-state index contributed by atoms with van der Waals surface area (Å²) in [5.74, 6) is -0.557. The fourth-order valence-electron chi connectivity index (χ4n) is 1.65. The minimum atomic E-state index is -0.639. The number of aromatic nitrogens is 1. The molecule has 0 unspecified atom stereocenters. The summed E-state index contributed by atoms with van der Waals surface area (Å²) in [6.45, 7) is 1.99. The van der Waals surface area contributed by atoms with Gasteiger partial charge in [-0.15, -0.1) is 11.3 Å². The molecule has 0 aliphatic heterocycles. The standard InChI is InChI=1S/C13H12N2O5S/c1-8-14-10(7-21-8)6-20-12-4-3-9(13(16)19-2)5-11(12)15(17)18/h3-5,7H,6H2,1-2H3. The number of ether oxygens (including phenoxy) is 2. The topological polar surface area (TPSA) is 91.6 Å². The average molecular weight is 308 g/mol. The largest absolute Gasteiger partial charge is 0.480 e. The number of esters is 1. The summed E-state index contributed by atoms with van der Waals surface area (Å²) in [6, 6.07) is 3.93. The van der Waals surface area contributed by atoms with Crippen LogP contribution in [0.15, 0.2) is 23.6 Å². The summed E-state index contributed by atoms with van der Waals surface area (Å²) in [6.07, 6.45) is 0. The van der Waals surface area contributed by atoms with E-state index in [1.807, 2.05) is 12.3 Å². The van der Waals surface area contributed by atoms with E-state index in [1.165, 1.54) is 30.6 Å². The first kappa shape index (κ1) is 14.9. The van der Waals surface area contributed by atoms with Crippen LogP contribution in [-0.2, 0) is 11.3 Å². The van der Waals surface area contributed by atoms with E-state index >= 15 is 0 Å². The Balaban J connectivity index is 2.22. The van der Waals surface area contributed by atoms with Crippen LogP contribution in [0.25, 0.3) is 0 Å². The van der Waals surface area contributed by atoms with Gasteiger partial charge >= 0.3 is 11.7 Å². The van der Waals surface area contributed by atoms with E-state index in [-0.39, 0.29) is 23.6 Å². The average Bonchev–Trinajstić information content (AvgIpc) is 2.89. The maximum atomic E-state index is 11.4. The van der Waals surface area contributed by atoms with Crippen molar-refractivity contribution in [2.45, 2.75) is 13.5 Å². The minimum absolute atomic E-state index is 0.0818. The van der Waals surface area contributed by atoms with Gasteiger partial charge in [-0.2, -0.15) is 0 Å². The lowest BCUT2D eigenvalue weighted by Gasteiger charge is -2.06. The zero-order valence-corrected chi connectivity index (χ0v) is 12.2. The molecule has 21 heavy (non-hydrogen) atoms. The number of carbonyl (C=O) groups excluding carboxylic acids is 1. The molecule has 0 N–H and O–H groups in total. The van der Waals surface area contributed by atoms with E-state index in [2.05, 4.69) is 9.72 Å². The monoisotopic (exact) mass is 308 g/mol. The molecule has 0 amide bonds. The normalized spacial score (nSPS) is 10.2. The van der Waals surface area contributed by atoms with Crippen LogP contribution in [-0.4, -0.2) is 23.0 Å². The first-order chi connectivity index (χ1) is 10.0. The fraction of sp³-hybridized carbons (Fsp3) is 0.231. The Morgan fingerprint density at radius 1 is 1.48 bits per heavy atom. The van der Waals surface area contributed by atoms with Crippen LogP contribution in [0, 0.1) is 17.0 Å². The molecule has 0 radical (unpaired) electrons. The van der Waals surface area contributed by atoms with Crippen LogP contribution >= 0.6 is 11.3 Å². The van der Waals surface area contributed by atoms with Gasteiger partial charge in [0.2, 0.25) is 0 Å². The molecule has 1 aromatic heterocycles. The molecule has 1 heterocycles. The molecule has 110 valence electrons. The summed E-state index contributed by atoms with van der Waals surface area (Å²) in [7, 11) is 1.21. The Labute approximate surface area is 124 Å². The molecule has 0 spiro atoms. The van der Waals surface area contributed by atoms with Gasteiger partial charge in [0, 0.05) is 11.4 Å². The highest BCUT2D eigenvalue weighted by Gasteiger charge is 2.19. The van der Waals surface area contributed by atoms with E-state index in [4.69, 9.17) is 4.74 Å². The maximum absolute atomic E-state index is 11.4. The molecular formula is C13H12N2O5S. The van der Waals surface area contributed by atoms with Gasteiger partial charge in [-0.3, -0.25) is 10.1 Å². The molecule has 1 aromatic carbocycles. The molecule has 0 bridgehead atoms. The van der Waals surface area contributed by atoms with E-state index in [9.17, 15) is 14.9 Å². The quantitative estimate of drug-likeness (QED) is 0.479. The predicted octanol–water partition coefficient (Wildman–Crippen LogP) is 2.73. The van der Waals surface area contributed by atoms with Crippen molar-refractivity contribution in [3.05, 3.63) is 50.0 Å². The van der Waals surface area contributed by atoms with Crippen molar-refractivity contribution in [2.24, 2.45) is 0 Å². The van der Waals surface area contributed by atoms with Crippen molar-refractivity contribution >= 4 is 23.0 Å². The smallest absolute Gasteiger partial charge is 0.338 e. The Morgan fingerprint density at radius 2 is 2.24 bits per heavy atom. The first-order valence-corrected chi connectivity index (χ1v) is 6.80. The molecule has 2 aromatic rings. The molecule has 0 fully saturated rings. The van der Waals surface area contributed by atoms with Crippen LogP contribution in [0.3, 0.4) is 0 Å². The van der Waals surface area contributed by atoms with E-state index in [0.717, 1.165) is 11.1 Å². The number of aryl methyl sites for hydroxylation is 1. The Bertz CT molecular complexity index is 683. The minimum Gasteiger partial charge on any atom is -0.480 e. The molecule has 0 saturated carbocycles. The number of nitro benzene ring substituents is 1. The summed E-state index contributed by atoms with van der Waals surface area (Å²) in [5, 5.41) is 13.8. The summed E-state index contributed by atoms with van der Waals surface area (Å²) in [5.41, 5.74) is 0.509. The Kier molecular flexibility index (Phi) is 4.49. The number of hydrogen-bond donors (Lipinski definition) is 0. The molecule has 0 saturated heterocycles. The van der Waals surface area contributed by atoms with Gasteiger partial charge < -0.3 is 9.47 Å². The molecule has 8 heteroatoms. The van der Waals surface area contributed by atoms with Crippen molar-refractivity contribution in [1.82, 2.24) is 4.98 Å². The van der Waals surface area contributed by atoms with Crippen LogP contribution in [0.1, 0.15) is 21.1 Å². The highest BCUT2D eigenvalue weighted by atomic mass is 32.1. The van der Waals surface area contributed by atoms with Gasteiger partial charge in [-0.25, -0.2) is 9.78 Å². The molecule has 0 aliphatic rings. The van der Waals surface area contributed by atoms with E-state index in [1.54, 1.807) is 0 Å². The second-order valence-electron chi connectivity index (χ2n) is 4.08. The lowest BCUT2D eigenvalue weighted by atomic mass is 10.2. The second kappa shape index (κ2) is 6.31. The zero-order valence-electron chi connectivity index (χ0n) is 11.4. The number of carbonyl (C=O) groups is 1. The number of methoxy groups -OCH3 is 1. The van der Waals surface area contributed by atoms with Gasteiger partial charge in [0.25, 0.3) is 0 Å². The summed E-state index contributed by atoms with van der Waals surface area (Å²) < 4.78 is 9.95. The van der Waals surface area contributed by atoms with Gasteiger partial charge in [-0.1, -0.05) is 0 Å². The fourth-order valence-corrected chi connectivity index (χ4v) is 2.25. The van der Waals surface area contributed by atoms with Crippen LogP contribution < -0.4 is 4.74 Å². The first-order valence-electron chi connectivity index (χ1n) is 5.92. The van der Waals surface area contributed by atoms with Crippen molar-refractivity contribution < 1.29 is 19.2 Å². The van der Waals surface area contributed by atoms with Gasteiger partial charge in [-0.05, 0) is 19.1 Å². The lowest BCUT2D eigenvalue weighted by Crippen LogP contribution is -2.04. The molecule has 0 aliphatic carbocycles. The van der Waals surface area contributed by atoms with Crippen molar-refractivity contribution in [3.8, 4) is 5.75 Å². The van der Waals surface area contributed by atoms with Crippen LogP contribution in [0.2, 0.25) is 0 Å². The third-order valence-corrected chi connectivity index (χ3v) is 3.44. The van der Waals surface area contributed by atoms with Crippen molar-refractivity contribution in [3.63, 3.8) is 0 Å². The van der Waals surface area contributed by atoms with E-state index in [0.29, 0.717) is 5.69 Å². The van der Waals surface area contributed by atoms with Crippen LogP contribution in [0.5, 0.6) is 5.75 Å². The number of thiazole rings is 1. The number of benzene rings is 1. The summed E-state index contributed by atoms with van der Waals surface area (Å²) >= 11 is 1.47. The Hall–Kier alpha value is -2.48. The zero-order chi connectivity index (χ0) is 15.4. The van der Waals surface area contributed by atoms with Gasteiger partial charge in [0.1, 0.15) is 6.61 Å². The van der Waals surface area contributed by atoms with Crippen molar-refractivity contribution in [1.29, 1.82) is 0 Å². The summed E-state index contributed by atoms with van der Waals surface area (Å²) in [4.78, 5) is 26.1. The Morgan fingerprint density at radius 3 is 2.81 bits per heavy atom. The molecule has 7 nitrogen and oxygen atoms in total. The number of hydrogen-bond acceptors (Lipinski definition) is 7.